The zero-order valence-electron chi connectivity index (χ0n) is 13.8. The van der Waals surface area contributed by atoms with Crippen molar-refractivity contribution in [3.8, 4) is 11.5 Å². The van der Waals surface area contributed by atoms with E-state index in [9.17, 15) is 13.2 Å². The fraction of sp³-hybridized carbons (Fsp3) is 0.235. The van der Waals surface area contributed by atoms with Gasteiger partial charge in [0.25, 0.3) is 5.91 Å². The number of benzene rings is 2. The van der Waals surface area contributed by atoms with Crippen molar-refractivity contribution in [1.82, 2.24) is 4.72 Å². The number of hydrogen-bond acceptors (Lipinski definition) is 5. The molecule has 0 aromatic heterocycles. The highest BCUT2D eigenvalue weighted by atomic mass is 32.2. The predicted octanol–water partition coefficient (Wildman–Crippen LogP) is 1.68. The van der Waals surface area contributed by atoms with Crippen molar-refractivity contribution in [1.29, 1.82) is 0 Å². The maximum Gasteiger partial charge on any atom is 0.266 e. The van der Waals surface area contributed by atoms with E-state index in [1.54, 1.807) is 37.3 Å². The molecule has 1 heterocycles. The number of nitrogens with one attached hydrogen (secondary N) is 2. The van der Waals surface area contributed by atoms with E-state index in [0.29, 0.717) is 22.7 Å². The molecule has 2 aromatic carbocycles. The number of sulfonamides is 1. The Labute approximate surface area is 146 Å². The van der Waals surface area contributed by atoms with Crippen LogP contribution in [0.3, 0.4) is 0 Å². The molecule has 132 valence electrons. The molecule has 0 aliphatic carbocycles. The lowest BCUT2D eigenvalue weighted by Gasteiger charge is -2.25. The first kappa shape index (κ1) is 17.2. The summed E-state index contributed by atoms with van der Waals surface area (Å²) in [6.07, 6.45) is -0.941. The molecule has 25 heavy (non-hydrogen) atoms. The van der Waals surface area contributed by atoms with Crippen LogP contribution in [0.25, 0.3) is 0 Å². The van der Waals surface area contributed by atoms with Gasteiger partial charge in [-0.1, -0.05) is 12.1 Å². The number of para-hydroxylation sites is 2. The normalized spacial score (nSPS) is 16.6. The summed E-state index contributed by atoms with van der Waals surface area (Å²) in [4.78, 5) is 12.2. The van der Waals surface area contributed by atoms with Crippen LogP contribution >= 0.6 is 0 Å². The lowest BCUT2D eigenvalue weighted by molar-refractivity contribution is -0.123. The molecule has 1 aliphatic heterocycles. The number of anilines is 1. The number of aryl methyl sites for hydroxylation is 1. The Morgan fingerprint density at radius 1 is 1.24 bits per heavy atom. The molecule has 1 atom stereocenters. The van der Waals surface area contributed by atoms with E-state index in [1.165, 1.54) is 19.2 Å². The highest BCUT2D eigenvalue weighted by Crippen LogP contribution is 2.28. The van der Waals surface area contributed by atoms with Crippen LogP contribution in [0.1, 0.15) is 5.56 Å². The molecule has 0 saturated heterocycles. The summed E-state index contributed by atoms with van der Waals surface area (Å²) in [5, 5.41) is 2.69. The molecule has 7 nitrogen and oxygen atoms in total. The largest absolute Gasteiger partial charge is 0.496 e. The molecule has 0 bridgehead atoms. The van der Waals surface area contributed by atoms with Gasteiger partial charge in [0.2, 0.25) is 10.0 Å². The van der Waals surface area contributed by atoms with Gasteiger partial charge in [-0.25, -0.2) is 13.1 Å². The Hall–Kier alpha value is -2.58. The van der Waals surface area contributed by atoms with Crippen molar-refractivity contribution >= 4 is 21.6 Å². The maximum absolute atomic E-state index is 12.4. The quantitative estimate of drug-likeness (QED) is 0.844. The van der Waals surface area contributed by atoms with Crippen molar-refractivity contribution in [2.24, 2.45) is 0 Å². The van der Waals surface area contributed by atoms with E-state index in [1.807, 2.05) is 0 Å². The van der Waals surface area contributed by atoms with Gasteiger partial charge in [-0.15, -0.1) is 0 Å². The Kier molecular flexibility index (Phi) is 4.65. The van der Waals surface area contributed by atoms with Gasteiger partial charge < -0.3 is 14.8 Å². The van der Waals surface area contributed by atoms with Gasteiger partial charge >= 0.3 is 0 Å². The van der Waals surface area contributed by atoms with E-state index in [-0.39, 0.29) is 11.4 Å². The molecule has 0 spiro atoms. The molecule has 2 N–H and O–H groups in total. The Morgan fingerprint density at radius 2 is 2.00 bits per heavy atom. The standard InChI is InChI=1S/C17H18N2O5S/c1-11-9-12(7-8-14(11)23-2)25(21,22)18-10-16-17(20)19-13-5-3-4-6-15(13)24-16/h3-9,16,18H,10H2,1-2H3,(H,19,20). The smallest absolute Gasteiger partial charge is 0.266 e. The summed E-state index contributed by atoms with van der Waals surface area (Å²) < 4.78 is 38.0. The number of carbonyl (C=O) groups is 1. The third-order valence-corrected chi connectivity index (χ3v) is 5.26. The summed E-state index contributed by atoms with van der Waals surface area (Å²) in [6, 6.07) is 11.5. The molecular formula is C17H18N2O5S. The van der Waals surface area contributed by atoms with E-state index in [2.05, 4.69) is 10.0 Å². The SMILES string of the molecule is COc1ccc(S(=O)(=O)NCC2Oc3ccccc3NC2=O)cc1C. The Morgan fingerprint density at radius 3 is 2.72 bits per heavy atom. The summed E-state index contributed by atoms with van der Waals surface area (Å²) >= 11 is 0. The molecule has 0 saturated carbocycles. The van der Waals surface area contributed by atoms with E-state index in [0.717, 1.165) is 0 Å². The molecule has 1 aliphatic rings. The van der Waals surface area contributed by atoms with Crippen LogP contribution in [0.2, 0.25) is 0 Å². The Bertz CT molecular complexity index is 911. The number of amides is 1. The number of ether oxygens (including phenoxy) is 2. The number of carbonyl (C=O) groups excluding carboxylic acids is 1. The summed E-state index contributed by atoms with van der Waals surface area (Å²) in [6.45, 7) is 1.58. The Balaban J connectivity index is 1.72. The molecule has 3 rings (SSSR count). The maximum atomic E-state index is 12.4. The molecule has 8 heteroatoms. The molecule has 0 fully saturated rings. The van der Waals surface area contributed by atoms with Crippen molar-refractivity contribution in [2.45, 2.75) is 17.9 Å². The molecule has 1 amide bonds. The van der Waals surface area contributed by atoms with Crippen LogP contribution in [0.15, 0.2) is 47.4 Å². The van der Waals surface area contributed by atoms with Gasteiger partial charge in [-0.3, -0.25) is 4.79 Å². The lowest BCUT2D eigenvalue weighted by atomic mass is 10.2. The van der Waals surface area contributed by atoms with Gasteiger partial charge in [-0.2, -0.15) is 0 Å². The van der Waals surface area contributed by atoms with Crippen LogP contribution in [-0.4, -0.2) is 34.1 Å². The number of hydrogen-bond donors (Lipinski definition) is 2. The third-order valence-electron chi connectivity index (χ3n) is 3.84. The van der Waals surface area contributed by atoms with Crippen LogP contribution in [0.4, 0.5) is 5.69 Å². The monoisotopic (exact) mass is 362 g/mol. The van der Waals surface area contributed by atoms with Crippen LogP contribution in [0, 0.1) is 6.92 Å². The highest BCUT2D eigenvalue weighted by Gasteiger charge is 2.29. The van der Waals surface area contributed by atoms with Crippen molar-refractivity contribution in [3.05, 3.63) is 48.0 Å². The second kappa shape index (κ2) is 6.73. The fourth-order valence-electron chi connectivity index (χ4n) is 2.51. The van der Waals surface area contributed by atoms with Crippen molar-refractivity contribution in [3.63, 3.8) is 0 Å². The van der Waals surface area contributed by atoms with Gasteiger partial charge in [0.05, 0.1) is 24.2 Å². The summed E-state index contributed by atoms with van der Waals surface area (Å²) in [5.74, 6) is 0.712. The minimum Gasteiger partial charge on any atom is -0.496 e. The first-order valence-electron chi connectivity index (χ1n) is 7.61. The molecule has 0 radical (unpaired) electrons. The fourth-order valence-corrected chi connectivity index (χ4v) is 3.63. The second-order valence-electron chi connectivity index (χ2n) is 5.58. The van der Waals surface area contributed by atoms with E-state index in [4.69, 9.17) is 9.47 Å². The average Bonchev–Trinajstić information content (AvgIpc) is 2.60. The lowest BCUT2D eigenvalue weighted by Crippen LogP contribution is -2.45. The summed E-state index contributed by atoms with van der Waals surface area (Å²) in [5.41, 5.74) is 1.27. The van der Waals surface area contributed by atoms with Gasteiger partial charge in [-0.05, 0) is 42.8 Å². The van der Waals surface area contributed by atoms with Gasteiger partial charge in [0.15, 0.2) is 6.10 Å². The molecular weight excluding hydrogens is 344 g/mol. The first-order valence-corrected chi connectivity index (χ1v) is 9.10. The van der Waals surface area contributed by atoms with Crippen molar-refractivity contribution < 1.29 is 22.7 Å². The molecule has 2 aromatic rings. The van der Waals surface area contributed by atoms with Crippen LogP contribution in [-0.2, 0) is 14.8 Å². The highest BCUT2D eigenvalue weighted by molar-refractivity contribution is 7.89. The number of rotatable bonds is 5. The first-order chi connectivity index (χ1) is 11.9. The minimum atomic E-state index is -3.77. The van der Waals surface area contributed by atoms with Crippen molar-refractivity contribution in [2.75, 3.05) is 19.0 Å². The summed E-state index contributed by atoms with van der Waals surface area (Å²) in [7, 11) is -2.25. The van der Waals surface area contributed by atoms with Crippen LogP contribution in [0.5, 0.6) is 11.5 Å². The number of methoxy groups -OCH3 is 1. The minimum absolute atomic E-state index is 0.0995. The third kappa shape index (κ3) is 3.59. The van der Waals surface area contributed by atoms with Crippen LogP contribution < -0.4 is 19.5 Å². The van der Waals surface area contributed by atoms with Gasteiger partial charge in [0.1, 0.15) is 11.5 Å². The average molecular weight is 362 g/mol. The number of fused-ring (bicyclic) bond motifs is 1. The topological polar surface area (TPSA) is 93.7 Å². The zero-order chi connectivity index (χ0) is 18.0. The zero-order valence-corrected chi connectivity index (χ0v) is 14.6. The van der Waals surface area contributed by atoms with E-state index < -0.39 is 22.0 Å². The van der Waals surface area contributed by atoms with E-state index >= 15 is 0 Å². The van der Waals surface area contributed by atoms with Gasteiger partial charge in [0, 0.05) is 0 Å². The second-order valence-corrected chi connectivity index (χ2v) is 7.34. The molecule has 1 unspecified atom stereocenters. The predicted molar refractivity (Wildman–Crippen MR) is 92.4 cm³/mol.